The fourth-order valence-corrected chi connectivity index (χ4v) is 2.15. The standard InChI is InChI=1S/C18H22N2O3/c1-12(2)13-5-7-14(8-6-13)19-18(21)20-16-11-15(22-3)9-10-17(16)23-4/h5-12H,1-4H3,(H2,19,20,21). The molecule has 0 saturated carbocycles. The molecular weight excluding hydrogens is 292 g/mol. The summed E-state index contributed by atoms with van der Waals surface area (Å²) in [6.45, 7) is 4.26. The Kier molecular flexibility index (Phi) is 5.46. The highest BCUT2D eigenvalue weighted by Crippen LogP contribution is 2.29. The van der Waals surface area contributed by atoms with Gasteiger partial charge in [-0.3, -0.25) is 0 Å². The average molecular weight is 314 g/mol. The second-order valence-electron chi connectivity index (χ2n) is 5.42. The summed E-state index contributed by atoms with van der Waals surface area (Å²) in [6.07, 6.45) is 0. The van der Waals surface area contributed by atoms with Crippen LogP contribution in [0.3, 0.4) is 0 Å². The maximum atomic E-state index is 12.1. The molecule has 2 rings (SSSR count). The van der Waals surface area contributed by atoms with Crippen LogP contribution in [0, 0.1) is 0 Å². The first kappa shape index (κ1) is 16.7. The zero-order valence-electron chi connectivity index (χ0n) is 13.8. The predicted octanol–water partition coefficient (Wildman–Crippen LogP) is 4.47. The number of anilines is 2. The third kappa shape index (κ3) is 4.39. The molecule has 0 aliphatic carbocycles. The van der Waals surface area contributed by atoms with Crippen molar-refractivity contribution in [2.75, 3.05) is 24.9 Å². The summed E-state index contributed by atoms with van der Waals surface area (Å²) < 4.78 is 10.4. The minimum Gasteiger partial charge on any atom is -0.497 e. The van der Waals surface area contributed by atoms with Crippen LogP contribution in [-0.2, 0) is 0 Å². The minimum absolute atomic E-state index is 0.339. The third-order valence-electron chi connectivity index (χ3n) is 3.49. The quantitative estimate of drug-likeness (QED) is 0.856. The van der Waals surface area contributed by atoms with Gasteiger partial charge in [0.15, 0.2) is 0 Å². The van der Waals surface area contributed by atoms with Crippen LogP contribution in [-0.4, -0.2) is 20.3 Å². The van der Waals surface area contributed by atoms with E-state index in [4.69, 9.17) is 9.47 Å². The number of urea groups is 1. The monoisotopic (exact) mass is 314 g/mol. The van der Waals surface area contributed by atoms with Gasteiger partial charge in [-0.05, 0) is 35.7 Å². The Hall–Kier alpha value is -2.69. The van der Waals surface area contributed by atoms with Gasteiger partial charge in [-0.2, -0.15) is 0 Å². The fraction of sp³-hybridized carbons (Fsp3) is 0.278. The van der Waals surface area contributed by atoms with E-state index in [9.17, 15) is 4.79 Å². The Labute approximate surface area is 136 Å². The van der Waals surface area contributed by atoms with Gasteiger partial charge >= 0.3 is 6.03 Å². The maximum Gasteiger partial charge on any atom is 0.323 e. The smallest absolute Gasteiger partial charge is 0.323 e. The molecule has 0 bridgehead atoms. The average Bonchev–Trinajstić information content (AvgIpc) is 2.55. The van der Waals surface area contributed by atoms with Crippen molar-refractivity contribution in [2.24, 2.45) is 0 Å². The first-order valence-corrected chi connectivity index (χ1v) is 7.43. The Balaban J connectivity index is 2.07. The molecule has 0 aliphatic heterocycles. The SMILES string of the molecule is COc1ccc(OC)c(NC(=O)Nc2ccc(C(C)C)cc2)c1. The van der Waals surface area contributed by atoms with E-state index < -0.39 is 0 Å². The van der Waals surface area contributed by atoms with E-state index in [1.165, 1.54) is 5.56 Å². The largest absolute Gasteiger partial charge is 0.497 e. The van der Waals surface area contributed by atoms with Crippen molar-refractivity contribution in [2.45, 2.75) is 19.8 Å². The molecule has 0 fully saturated rings. The molecule has 0 aromatic heterocycles. The molecule has 122 valence electrons. The number of hydrogen-bond donors (Lipinski definition) is 2. The summed E-state index contributed by atoms with van der Waals surface area (Å²) in [5.41, 5.74) is 2.50. The van der Waals surface area contributed by atoms with Crippen molar-refractivity contribution in [3.63, 3.8) is 0 Å². The highest BCUT2D eigenvalue weighted by molar-refractivity contribution is 6.00. The van der Waals surface area contributed by atoms with Crippen LogP contribution < -0.4 is 20.1 Å². The van der Waals surface area contributed by atoms with Crippen molar-refractivity contribution in [3.8, 4) is 11.5 Å². The molecule has 0 aliphatic rings. The van der Waals surface area contributed by atoms with Crippen LogP contribution in [0.2, 0.25) is 0 Å². The minimum atomic E-state index is -0.339. The van der Waals surface area contributed by atoms with Crippen molar-refractivity contribution in [1.82, 2.24) is 0 Å². The van der Waals surface area contributed by atoms with E-state index in [-0.39, 0.29) is 6.03 Å². The van der Waals surface area contributed by atoms with Gasteiger partial charge in [-0.1, -0.05) is 26.0 Å². The number of amides is 2. The van der Waals surface area contributed by atoms with Crippen LogP contribution in [0.25, 0.3) is 0 Å². The van der Waals surface area contributed by atoms with E-state index in [1.54, 1.807) is 32.4 Å². The number of benzene rings is 2. The lowest BCUT2D eigenvalue weighted by molar-refractivity contribution is 0.262. The number of rotatable bonds is 5. The topological polar surface area (TPSA) is 59.6 Å². The molecule has 0 atom stereocenters. The molecule has 5 heteroatoms. The van der Waals surface area contributed by atoms with Crippen molar-refractivity contribution >= 4 is 17.4 Å². The summed E-state index contributed by atoms with van der Waals surface area (Å²) in [4.78, 5) is 12.1. The van der Waals surface area contributed by atoms with E-state index in [0.29, 0.717) is 23.1 Å². The molecule has 2 N–H and O–H groups in total. The molecule has 0 saturated heterocycles. The highest BCUT2D eigenvalue weighted by Gasteiger charge is 2.09. The highest BCUT2D eigenvalue weighted by atomic mass is 16.5. The Morgan fingerprint density at radius 1 is 0.957 bits per heavy atom. The van der Waals surface area contributed by atoms with Gasteiger partial charge in [0.25, 0.3) is 0 Å². The zero-order valence-corrected chi connectivity index (χ0v) is 13.8. The molecule has 23 heavy (non-hydrogen) atoms. The van der Waals surface area contributed by atoms with Crippen LogP contribution in [0.1, 0.15) is 25.3 Å². The lowest BCUT2D eigenvalue weighted by Crippen LogP contribution is -2.19. The van der Waals surface area contributed by atoms with Gasteiger partial charge in [-0.15, -0.1) is 0 Å². The van der Waals surface area contributed by atoms with Crippen molar-refractivity contribution in [1.29, 1.82) is 0 Å². The third-order valence-corrected chi connectivity index (χ3v) is 3.49. The zero-order chi connectivity index (χ0) is 16.8. The molecule has 2 amide bonds. The predicted molar refractivity (Wildman–Crippen MR) is 92.7 cm³/mol. The molecule has 0 radical (unpaired) electrons. The number of methoxy groups -OCH3 is 2. The summed E-state index contributed by atoms with van der Waals surface area (Å²) >= 11 is 0. The van der Waals surface area contributed by atoms with E-state index in [2.05, 4.69) is 24.5 Å². The van der Waals surface area contributed by atoms with Crippen LogP contribution >= 0.6 is 0 Å². The maximum absolute atomic E-state index is 12.1. The first-order chi connectivity index (χ1) is 11.0. The van der Waals surface area contributed by atoms with E-state index >= 15 is 0 Å². The normalized spacial score (nSPS) is 10.3. The fourth-order valence-electron chi connectivity index (χ4n) is 2.15. The van der Waals surface area contributed by atoms with Gasteiger partial charge in [0.1, 0.15) is 11.5 Å². The van der Waals surface area contributed by atoms with Crippen LogP contribution in [0.5, 0.6) is 11.5 Å². The molecule has 0 spiro atoms. The van der Waals surface area contributed by atoms with Gasteiger partial charge in [-0.25, -0.2) is 4.79 Å². The molecule has 5 nitrogen and oxygen atoms in total. The number of hydrogen-bond acceptors (Lipinski definition) is 3. The van der Waals surface area contributed by atoms with Gasteiger partial charge < -0.3 is 20.1 Å². The summed E-state index contributed by atoms with van der Waals surface area (Å²) in [5, 5.41) is 5.57. The number of carbonyl (C=O) groups is 1. The summed E-state index contributed by atoms with van der Waals surface area (Å²) in [6, 6.07) is 12.7. The van der Waals surface area contributed by atoms with E-state index in [0.717, 1.165) is 5.69 Å². The first-order valence-electron chi connectivity index (χ1n) is 7.43. The molecule has 0 unspecified atom stereocenters. The molecule has 2 aromatic rings. The Morgan fingerprint density at radius 2 is 1.65 bits per heavy atom. The second-order valence-corrected chi connectivity index (χ2v) is 5.42. The van der Waals surface area contributed by atoms with Crippen molar-refractivity contribution < 1.29 is 14.3 Å². The lowest BCUT2D eigenvalue weighted by Gasteiger charge is -2.13. The molecule has 2 aromatic carbocycles. The lowest BCUT2D eigenvalue weighted by atomic mass is 10.0. The summed E-state index contributed by atoms with van der Waals surface area (Å²) in [5.74, 6) is 1.66. The number of carbonyl (C=O) groups excluding carboxylic acids is 1. The Morgan fingerprint density at radius 3 is 2.22 bits per heavy atom. The van der Waals surface area contributed by atoms with Crippen molar-refractivity contribution in [3.05, 3.63) is 48.0 Å². The summed E-state index contributed by atoms with van der Waals surface area (Å²) in [7, 11) is 3.12. The van der Waals surface area contributed by atoms with E-state index in [1.807, 2.05) is 24.3 Å². The van der Waals surface area contributed by atoms with Gasteiger partial charge in [0.05, 0.1) is 19.9 Å². The molecule has 0 heterocycles. The Bertz CT molecular complexity index is 666. The van der Waals surface area contributed by atoms with Gasteiger partial charge in [0.2, 0.25) is 0 Å². The number of ether oxygens (including phenoxy) is 2. The van der Waals surface area contributed by atoms with Crippen LogP contribution in [0.4, 0.5) is 16.2 Å². The number of nitrogens with one attached hydrogen (secondary N) is 2. The van der Waals surface area contributed by atoms with Gasteiger partial charge in [0, 0.05) is 11.8 Å². The second kappa shape index (κ2) is 7.54. The van der Waals surface area contributed by atoms with Crippen LogP contribution in [0.15, 0.2) is 42.5 Å². The molecular formula is C18H22N2O3.